The summed E-state index contributed by atoms with van der Waals surface area (Å²) in [6, 6.07) is 20.7. The number of fused-ring (bicyclic) bond motifs is 1. The molecule has 0 spiro atoms. The van der Waals surface area contributed by atoms with Gasteiger partial charge in [-0.05, 0) is 71.8 Å². The third-order valence-electron chi connectivity index (χ3n) is 7.48. The van der Waals surface area contributed by atoms with Gasteiger partial charge in [0.2, 0.25) is 5.75 Å². The zero-order valence-corrected chi connectivity index (χ0v) is 26.3. The molecule has 238 valence electrons. The molecule has 0 bridgehead atoms. The van der Waals surface area contributed by atoms with Crippen LogP contribution in [0.1, 0.15) is 16.1 Å². The van der Waals surface area contributed by atoms with Crippen molar-refractivity contribution in [1.29, 1.82) is 0 Å². The fraction of sp³-hybridized carbons (Fsp3) is 0.200. The Hall–Kier alpha value is -5.84. The van der Waals surface area contributed by atoms with Crippen LogP contribution in [0, 0.1) is 0 Å². The highest BCUT2D eigenvalue weighted by atomic mass is 16.5. The van der Waals surface area contributed by atoms with Crippen LogP contribution in [-0.2, 0) is 11.3 Å². The maximum atomic E-state index is 14.4. The Morgan fingerprint density at radius 3 is 1.96 bits per heavy atom. The minimum absolute atomic E-state index is 0.0360. The van der Waals surface area contributed by atoms with Crippen molar-refractivity contribution < 1.29 is 38.0 Å². The van der Waals surface area contributed by atoms with Crippen molar-refractivity contribution in [1.82, 2.24) is 4.57 Å². The van der Waals surface area contributed by atoms with E-state index in [1.807, 2.05) is 24.3 Å². The first-order valence-corrected chi connectivity index (χ1v) is 14.1. The van der Waals surface area contributed by atoms with Gasteiger partial charge in [-0.25, -0.2) is 4.79 Å². The molecule has 5 aromatic rings. The fourth-order valence-electron chi connectivity index (χ4n) is 5.28. The molecule has 0 saturated heterocycles. The molecule has 11 heteroatoms. The lowest BCUT2D eigenvalue weighted by molar-refractivity contribution is 0.0591. The summed E-state index contributed by atoms with van der Waals surface area (Å²) in [5.41, 5.74) is 8.00. The number of nitrogen functional groups attached to an aromatic ring is 1. The van der Waals surface area contributed by atoms with Crippen LogP contribution in [-0.4, -0.2) is 53.2 Å². The number of carbonyl (C=O) groups is 1. The van der Waals surface area contributed by atoms with Crippen molar-refractivity contribution >= 4 is 22.4 Å². The summed E-state index contributed by atoms with van der Waals surface area (Å²) in [6.45, 7) is 0.172. The van der Waals surface area contributed by atoms with Crippen molar-refractivity contribution in [2.45, 2.75) is 6.61 Å². The van der Waals surface area contributed by atoms with Gasteiger partial charge in [0.15, 0.2) is 23.0 Å². The number of carbonyl (C=O) groups excluding carboxylic acids is 1. The monoisotopic (exact) mass is 626 g/mol. The van der Waals surface area contributed by atoms with Gasteiger partial charge in [-0.1, -0.05) is 12.1 Å². The zero-order valence-electron chi connectivity index (χ0n) is 26.3. The summed E-state index contributed by atoms with van der Waals surface area (Å²) in [4.78, 5) is 28.1. The van der Waals surface area contributed by atoms with E-state index in [9.17, 15) is 9.59 Å². The first kappa shape index (κ1) is 31.6. The quantitative estimate of drug-likeness (QED) is 0.145. The van der Waals surface area contributed by atoms with Gasteiger partial charge >= 0.3 is 5.97 Å². The SMILES string of the molecule is COC(=O)c1c(-c2cc(OC)c(OC)c(OC)c2)c2cc(OC)c(OCc3cccc(OC)c3)cc2c(=O)n1-c1ccc(N)cc1. The van der Waals surface area contributed by atoms with Crippen molar-refractivity contribution in [3.05, 3.63) is 94.4 Å². The molecule has 0 unspecified atom stereocenters. The summed E-state index contributed by atoms with van der Waals surface area (Å²) in [5, 5.41) is 0.645. The smallest absolute Gasteiger partial charge is 0.355 e. The molecule has 2 N–H and O–H groups in total. The molecule has 0 aliphatic heterocycles. The molecule has 0 amide bonds. The van der Waals surface area contributed by atoms with E-state index in [0.29, 0.717) is 62.4 Å². The molecule has 46 heavy (non-hydrogen) atoms. The zero-order chi connectivity index (χ0) is 33.0. The number of rotatable bonds is 11. The van der Waals surface area contributed by atoms with Crippen LogP contribution in [0.5, 0.6) is 34.5 Å². The molecule has 11 nitrogen and oxygen atoms in total. The number of benzene rings is 4. The lowest BCUT2D eigenvalue weighted by Crippen LogP contribution is -2.27. The number of hydrogen-bond donors (Lipinski definition) is 1. The van der Waals surface area contributed by atoms with Gasteiger partial charge in [-0.15, -0.1) is 0 Å². The first-order valence-electron chi connectivity index (χ1n) is 14.1. The Morgan fingerprint density at radius 2 is 1.37 bits per heavy atom. The molecular weight excluding hydrogens is 592 g/mol. The molecular formula is C35H34N2O9. The molecule has 5 rings (SSSR count). The van der Waals surface area contributed by atoms with Gasteiger partial charge < -0.3 is 38.9 Å². The average molecular weight is 627 g/mol. The van der Waals surface area contributed by atoms with Gasteiger partial charge in [0.1, 0.15) is 18.1 Å². The number of nitrogens with zero attached hydrogens (tertiary/aromatic N) is 1. The van der Waals surface area contributed by atoms with Crippen molar-refractivity contribution in [2.75, 3.05) is 48.4 Å². The van der Waals surface area contributed by atoms with Gasteiger partial charge in [0.05, 0.1) is 48.0 Å². The highest BCUT2D eigenvalue weighted by Crippen LogP contribution is 2.45. The molecule has 1 aromatic heterocycles. The topological polar surface area (TPSA) is 130 Å². The molecule has 1 heterocycles. The summed E-state index contributed by atoms with van der Waals surface area (Å²) in [6.07, 6.45) is 0. The van der Waals surface area contributed by atoms with Crippen LogP contribution in [0.2, 0.25) is 0 Å². The van der Waals surface area contributed by atoms with Gasteiger partial charge in [0.25, 0.3) is 5.56 Å². The molecule has 4 aromatic carbocycles. The number of methoxy groups -OCH3 is 6. The molecule has 0 aliphatic rings. The number of anilines is 1. The van der Waals surface area contributed by atoms with Crippen molar-refractivity contribution in [3.63, 3.8) is 0 Å². The van der Waals surface area contributed by atoms with Gasteiger partial charge in [-0.3, -0.25) is 9.36 Å². The second-order valence-electron chi connectivity index (χ2n) is 10.1. The standard InChI is InChI=1S/C35H34N2O9/c1-40-24-9-7-8-20(14-24)19-46-28-18-26-25(17-27(28)41-2)31(21-15-29(42-3)33(44-5)30(16-21)43-4)32(35(39)45-6)37(34(26)38)23-12-10-22(36)11-13-23/h7-18H,19,36H2,1-6H3. The Labute approximate surface area is 265 Å². The molecule has 0 fully saturated rings. The predicted octanol–water partition coefficient (Wildman–Crippen LogP) is 5.65. The van der Waals surface area contributed by atoms with Crippen molar-refractivity contribution in [2.24, 2.45) is 0 Å². The van der Waals surface area contributed by atoms with Gasteiger partial charge in [0, 0.05) is 22.3 Å². The number of esters is 1. The van der Waals surface area contributed by atoms with E-state index in [-0.39, 0.29) is 17.7 Å². The fourth-order valence-corrected chi connectivity index (χ4v) is 5.28. The maximum Gasteiger partial charge on any atom is 0.355 e. The highest BCUT2D eigenvalue weighted by Gasteiger charge is 2.28. The van der Waals surface area contributed by atoms with Crippen molar-refractivity contribution in [3.8, 4) is 51.3 Å². The van der Waals surface area contributed by atoms with Gasteiger partial charge in [-0.2, -0.15) is 0 Å². The lowest BCUT2D eigenvalue weighted by atomic mass is 9.95. The van der Waals surface area contributed by atoms with E-state index >= 15 is 0 Å². The van der Waals surface area contributed by atoms with E-state index in [1.165, 1.54) is 40.1 Å². The number of nitrogens with two attached hydrogens (primary N) is 1. The lowest BCUT2D eigenvalue weighted by Gasteiger charge is -2.21. The highest BCUT2D eigenvalue weighted by molar-refractivity contribution is 6.08. The van der Waals surface area contributed by atoms with Crippen LogP contribution in [0.4, 0.5) is 5.69 Å². The third kappa shape index (κ3) is 5.82. The number of ether oxygens (including phenoxy) is 7. The van der Waals surface area contributed by atoms with Crippen LogP contribution in [0.3, 0.4) is 0 Å². The second-order valence-corrected chi connectivity index (χ2v) is 10.1. The summed E-state index contributed by atoms with van der Waals surface area (Å²) in [7, 11) is 8.81. The molecule has 0 atom stereocenters. The Bertz CT molecular complexity index is 1940. The first-order chi connectivity index (χ1) is 22.3. The third-order valence-corrected chi connectivity index (χ3v) is 7.48. The van der Waals surface area contributed by atoms with E-state index < -0.39 is 11.5 Å². The summed E-state index contributed by atoms with van der Waals surface area (Å²) >= 11 is 0. The normalized spacial score (nSPS) is 10.7. The Kier molecular flexibility index (Phi) is 9.22. The molecule has 0 aliphatic carbocycles. The molecule has 0 saturated carbocycles. The number of aromatic nitrogens is 1. The maximum absolute atomic E-state index is 14.4. The Balaban J connectivity index is 1.87. The van der Waals surface area contributed by atoms with Crippen LogP contribution in [0.15, 0.2) is 77.6 Å². The number of pyridine rings is 1. The van der Waals surface area contributed by atoms with E-state index in [2.05, 4.69) is 0 Å². The second kappa shape index (κ2) is 13.4. The minimum Gasteiger partial charge on any atom is -0.497 e. The van der Waals surface area contributed by atoms with E-state index in [1.54, 1.807) is 55.6 Å². The van der Waals surface area contributed by atoms with E-state index in [4.69, 9.17) is 38.9 Å². The Morgan fingerprint density at radius 1 is 0.717 bits per heavy atom. The van der Waals surface area contributed by atoms with Crippen LogP contribution < -0.4 is 39.7 Å². The van der Waals surface area contributed by atoms with E-state index in [0.717, 1.165) is 5.56 Å². The largest absolute Gasteiger partial charge is 0.497 e. The summed E-state index contributed by atoms with van der Waals surface area (Å²) < 4.78 is 40.6. The molecule has 0 radical (unpaired) electrons. The number of hydrogen-bond acceptors (Lipinski definition) is 10. The van der Waals surface area contributed by atoms with Crippen LogP contribution in [0.25, 0.3) is 27.6 Å². The van der Waals surface area contributed by atoms with Crippen LogP contribution >= 0.6 is 0 Å². The predicted molar refractivity (Wildman–Crippen MR) is 174 cm³/mol. The minimum atomic E-state index is -0.753. The summed E-state index contributed by atoms with van der Waals surface area (Å²) in [5.74, 6) is 1.63. The average Bonchev–Trinajstić information content (AvgIpc) is 3.09.